The number of allylic oxidation sites excluding steroid dienone is 1. The number of rotatable bonds is 2. The van der Waals surface area contributed by atoms with E-state index >= 15 is 0 Å². The molecule has 1 saturated carbocycles. The summed E-state index contributed by atoms with van der Waals surface area (Å²) in [5.41, 5.74) is 2.01. The molecule has 1 fully saturated rings. The third-order valence-corrected chi connectivity index (χ3v) is 5.86. The van der Waals surface area contributed by atoms with Crippen LogP contribution in [0, 0.1) is 11.8 Å². The van der Waals surface area contributed by atoms with E-state index in [1.807, 2.05) is 43.3 Å². The SMILES string of the molecule is C/C=C/C1Oc2c(-c3ccccc3)cn(O)c(=O)c2C2CC(C)CCC12. The zero-order chi connectivity index (χ0) is 18.3. The normalized spacial score (nSPS) is 27.6. The molecule has 0 bridgehead atoms. The van der Waals surface area contributed by atoms with Crippen LogP contribution in [0.25, 0.3) is 11.1 Å². The van der Waals surface area contributed by atoms with Gasteiger partial charge in [0, 0.05) is 17.4 Å². The predicted octanol–water partition coefficient (Wildman–Crippen LogP) is 4.61. The lowest BCUT2D eigenvalue weighted by atomic mass is 9.68. The van der Waals surface area contributed by atoms with Crippen LogP contribution in [0.3, 0.4) is 0 Å². The van der Waals surface area contributed by atoms with Crippen LogP contribution in [0.1, 0.15) is 44.6 Å². The first kappa shape index (κ1) is 17.0. The summed E-state index contributed by atoms with van der Waals surface area (Å²) in [6, 6.07) is 9.80. The van der Waals surface area contributed by atoms with Crippen molar-refractivity contribution in [3.63, 3.8) is 0 Å². The predicted molar refractivity (Wildman–Crippen MR) is 102 cm³/mol. The van der Waals surface area contributed by atoms with Crippen molar-refractivity contribution in [2.45, 2.75) is 45.1 Å². The van der Waals surface area contributed by atoms with Gasteiger partial charge >= 0.3 is 0 Å². The lowest BCUT2D eigenvalue weighted by Gasteiger charge is -2.43. The standard InChI is InChI=1S/C22H25NO3/c1-3-7-19-16-11-10-14(2)12-17(16)20-21(26-19)18(13-23(25)22(20)24)15-8-5-4-6-9-15/h3-9,13-14,16-17,19,25H,10-12H2,1-2H3/b7-3+. The van der Waals surface area contributed by atoms with Gasteiger partial charge < -0.3 is 9.94 Å². The Morgan fingerprint density at radius 2 is 2.00 bits per heavy atom. The second-order valence-corrected chi connectivity index (χ2v) is 7.60. The number of hydrogen-bond donors (Lipinski definition) is 1. The highest BCUT2D eigenvalue weighted by Gasteiger charge is 2.43. The second-order valence-electron chi connectivity index (χ2n) is 7.60. The molecule has 4 nitrogen and oxygen atoms in total. The smallest absolute Gasteiger partial charge is 0.290 e. The van der Waals surface area contributed by atoms with E-state index in [0.717, 1.165) is 35.1 Å². The van der Waals surface area contributed by atoms with Crippen molar-refractivity contribution in [2.24, 2.45) is 11.8 Å². The number of nitrogens with zero attached hydrogens (tertiary/aromatic N) is 1. The molecule has 26 heavy (non-hydrogen) atoms. The molecule has 2 heterocycles. The first-order valence-electron chi connectivity index (χ1n) is 9.43. The van der Waals surface area contributed by atoms with Crippen molar-refractivity contribution in [2.75, 3.05) is 0 Å². The number of fused-ring (bicyclic) bond motifs is 3. The molecule has 1 aromatic carbocycles. The summed E-state index contributed by atoms with van der Waals surface area (Å²) < 4.78 is 7.12. The van der Waals surface area contributed by atoms with Crippen LogP contribution >= 0.6 is 0 Å². The van der Waals surface area contributed by atoms with E-state index in [0.29, 0.717) is 17.2 Å². The number of hydrogen-bond acceptors (Lipinski definition) is 3. The highest BCUT2D eigenvalue weighted by atomic mass is 16.5. The lowest BCUT2D eigenvalue weighted by molar-refractivity contribution is 0.0826. The topological polar surface area (TPSA) is 51.5 Å². The molecule has 0 radical (unpaired) electrons. The minimum Gasteiger partial charge on any atom is -0.485 e. The van der Waals surface area contributed by atoms with Gasteiger partial charge in [0.15, 0.2) is 0 Å². The van der Waals surface area contributed by atoms with Crippen molar-refractivity contribution in [3.8, 4) is 16.9 Å². The summed E-state index contributed by atoms with van der Waals surface area (Å²) in [6.45, 7) is 4.25. The fourth-order valence-electron chi connectivity index (χ4n) is 4.61. The Hall–Kier alpha value is -2.49. The van der Waals surface area contributed by atoms with E-state index in [1.54, 1.807) is 0 Å². The molecule has 4 rings (SSSR count). The Labute approximate surface area is 153 Å². The highest BCUT2D eigenvalue weighted by Crippen LogP contribution is 2.50. The molecule has 1 aliphatic heterocycles. The number of benzene rings is 1. The fourth-order valence-corrected chi connectivity index (χ4v) is 4.61. The molecule has 4 heteroatoms. The van der Waals surface area contributed by atoms with Gasteiger partial charge in [-0.3, -0.25) is 4.79 Å². The zero-order valence-corrected chi connectivity index (χ0v) is 15.3. The first-order chi connectivity index (χ1) is 12.6. The molecular formula is C22H25NO3. The van der Waals surface area contributed by atoms with Crippen LogP contribution in [0.2, 0.25) is 0 Å². The summed E-state index contributed by atoms with van der Waals surface area (Å²) in [5.74, 6) is 1.62. The van der Waals surface area contributed by atoms with Crippen molar-refractivity contribution in [3.05, 3.63) is 64.6 Å². The molecule has 1 aliphatic carbocycles. The minimum absolute atomic E-state index is 0.0265. The van der Waals surface area contributed by atoms with Gasteiger partial charge in [-0.05, 0) is 37.3 Å². The van der Waals surface area contributed by atoms with E-state index in [1.165, 1.54) is 6.20 Å². The van der Waals surface area contributed by atoms with Gasteiger partial charge in [0.25, 0.3) is 5.56 Å². The Balaban J connectivity index is 1.94. The summed E-state index contributed by atoms with van der Waals surface area (Å²) in [7, 11) is 0. The number of pyridine rings is 1. The maximum atomic E-state index is 12.8. The average molecular weight is 351 g/mol. The molecular weight excluding hydrogens is 326 g/mol. The van der Waals surface area contributed by atoms with Crippen molar-refractivity contribution in [1.82, 2.24) is 4.73 Å². The zero-order valence-electron chi connectivity index (χ0n) is 15.3. The van der Waals surface area contributed by atoms with E-state index in [2.05, 4.69) is 13.0 Å². The molecule has 0 saturated heterocycles. The molecule has 0 spiro atoms. The molecule has 2 aliphatic rings. The van der Waals surface area contributed by atoms with Gasteiger partial charge in [0.05, 0.1) is 11.8 Å². The van der Waals surface area contributed by atoms with Gasteiger partial charge in [-0.2, -0.15) is 4.73 Å². The Bertz CT molecular complexity index is 884. The van der Waals surface area contributed by atoms with Crippen LogP contribution in [-0.4, -0.2) is 16.0 Å². The minimum atomic E-state index is -0.345. The second kappa shape index (κ2) is 6.67. The molecule has 136 valence electrons. The van der Waals surface area contributed by atoms with Crippen molar-refractivity contribution in [1.29, 1.82) is 0 Å². The fraction of sp³-hybridized carbons (Fsp3) is 0.409. The van der Waals surface area contributed by atoms with Crippen molar-refractivity contribution >= 4 is 0 Å². The third-order valence-electron chi connectivity index (χ3n) is 5.86. The van der Waals surface area contributed by atoms with Gasteiger partial charge in [-0.1, -0.05) is 49.8 Å². The van der Waals surface area contributed by atoms with Crippen LogP contribution < -0.4 is 10.3 Å². The summed E-state index contributed by atoms with van der Waals surface area (Å²) in [6.07, 6.45) is 8.75. The van der Waals surface area contributed by atoms with Crippen LogP contribution in [0.15, 0.2) is 53.5 Å². The van der Waals surface area contributed by atoms with E-state index in [-0.39, 0.29) is 23.5 Å². The summed E-state index contributed by atoms with van der Waals surface area (Å²) >= 11 is 0. The van der Waals surface area contributed by atoms with Gasteiger partial charge in [0.1, 0.15) is 11.9 Å². The monoisotopic (exact) mass is 351 g/mol. The Kier molecular flexibility index (Phi) is 4.35. The maximum Gasteiger partial charge on any atom is 0.290 e. The molecule has 2 aromatic rings. The lowest BCUT2D eigenvalue weighted by Crippen LogP contribution is -2.42. The van der Waals surface area contributed by atoms with Gasteiger partial charge in [-0.15, -0.1) is 0 Å². The molecule has 0 amide bonds. The summed E-state index contributed by atoms with van der Waals surface area (Å²) in [4.78, 5) is 12.8. The van der Waals surface area contributed by atoms with Crippen LogP contribution in [0.5, 0.6) is 5.75 Å². The quantitative estimate of drug-likeness (QED) is 0.635. The maximum absolute atomic E-state index is 12.8. The Morgan fingerprint density at radius 1 is 1.23 bits per heavy atom. The largest absolute Gasteiger partial charge is 0.485 e. The third kappa shape index (κ3) is 2.74. The van der Waals surface area contributed by atoms with E-state index in [4.69, 9.17) is 4.74 Å². The molecule has 4 unspecified atom stereocenters. The van der Waals surface area contributed by atoms with Crippen molar-refractivity contribution < 1.29 is 9.94 Å². The Morgan fingerprint density at radius 3 is 2.73 bits per heavy atom. The van der Waals surface area contributed by atoms with E-state index < -0.39 is 0 Å². The molecule has 1 aromatic heterocycles. The van der Waals surface area contributed by atoms with E-state index in [9.17, 15) is 10.0 Å². The highest BCUT2D eigenvalue weighted by molar-refractivity contribution is 5.72. The van der Waals surface area contributed by atoms with Gasteiger partial charge in [-0.25, -0.2) is 0 Å². The average Bonchev–Trinajstić information content (AvgIpc) is 2.65. The molecule has 4 atom stereocenters. The van der Waals surface area contributed by atoms with Crippen LogP contribution in [-0.2, 0) is 0 Å². The molecule has 1 N–H and O–H groups in total. The van der Waals surface area contributed by atoms with Crippen LogP contribution in [0.4, 0.5) is 0 Å². The number of ether oxygens (including phenoxy) is 1. The van der Waals surface area contributed by atoms with Gasteiger partial charge in [0.2, 0.25) is 0 Å². The number of aromatic nitrogens is 1. The summed E-state index contributed by atoms with van der Waals surface area (Å²) in [5, 5.41) is 10.3. The first-order valence-corrected chi connectivity index (χ1v) is 9.43.